The summed E-state index contributed by atoms with van der Waals surface area (Å²) >= 11 is 0. The van der Waals surface area contributed by atoms with Crippen molar-refractivity contribution in [1.29, 1.82) is 0 Å². The number of carboxylic acids is 1. The molecule has 0 spiro atoms. The molecule has 0 bridgehead atoms. The van der Waals surface area contributed by atoms with E-state index in [0.29, 0.717) is 0 Å². The summed E-state index contributed by atoms with van der Waals surface area (Å²) < 4.78 is 24.1. The lowest BCUT2D eigenvalue weighted by Gasteiger charge is -2.15. The van der Waals surface area contributed by atoms with Crippen LogP contribution in [0, 0.1) is 5.92 Å². The Labute approximate surface area is 97.0 Å². The van der Waals surface area contributed by atoms with E-state index in [9.17, 15) is 14.2 Å². The summed E-state index contributed by atoms with van der Waals surface area (Å²) in [5, 5.41) is 8.45. The van der Waals surface area contributed by atoms with E-state index in [4.69, 9.17) is 5.11 Å². The molecule has 0 saturated heterocycles. The molecule has 100 valence electrons. The van der Waals surface area contributed by atoms with Crippen LogP contribution >= 0.6 is 7.82 Å². The maximum absolute atomic E-state index is 11.5. The first kappa shape index (κ1) is 16.0. The average Bonchev–Trinajstić information content (AvgIpc) is 2.16. The first-order chi connectivity index (χ1) is 7.84. The van der Waals surface area contributed by atoms with Crippen molar-refractivity contribution < 1.29 is 42.9 Å². The number of aliphatic carboxylic acids is 1. The first-order valence-corrected chi connectivity index (χ1v) is 5.80. The van der Waals surface area contributed by atoms with Gasteiger partial charge in [-0.2, -0.15) is 0 Å². The zero-order chi connectivity index (χ0) is 13.5. The summed E-state index contributed by atoms with van der Waals surface area (Å²) in [5.41, 5.74) is 0. The Hall–Kier alpha value is -0.990. The van der Waals surface area contributed by atoms with Gasteiger partial charge in [-0.25, -0.2) is 14.3 Å². The van der Waals surface area contributed by atoms with Gasteiger partial charge < -0.3 is 9.63 Å². The molecular formula is C7H13O9P. The van der Waals surface area contributed by atoms with E-state index in [1.54, 1.807) is 0 Å². The molecule has 0 saturated carbocycles. The summed E-state index contributed by atoms with van der Waals surface area (Å²) in [7, 11) is -2.33. The third-order valence-electron chi connectivity index (χ3n) is 1.42. The Kier molecular flexibility index (Phi) is 6.93. The minimum atomic E-state index is -4.36. The van der Waals surface area contributed by atoms with Crippen molar-refractivity contribution in [3.05, 3.63) is 0 Å². The van der Waals surface area contributed by atoms with Gasteiger partial charge in [0.1, 0.15) is 0 Å². The molecule has 0 aromatic heterocycles. The fourth-order valence-electron chi connectivity index (χ4n) is 0.771. The topological polar surface area (TPSA) is 118 Å². The van der Waals surface area contributed by atoms with Gasteiger partial charge in [-0.3, -0.25) is 9.59 Å². The lowest BCUT2D eigenvalue weighted by atomic mass is 10.1. The number of carboxylic acid groups (broad SMARTS) is 1. The van der Waals surface area contributed by atoms with E-state index in [2.05, 4.69) is 23.6 Å². The van der Waals surface area contributed by atoms with Crippen LogP contribution in [0.15, 0.2) is 0 Å². The standard InChI is InChI=1S/C7H13O9P/c1-5(4-6(8)9)7(10)14-17(11,15-12-2)16-13-3/h5H,4H2,1-3H3,(H,8,9). The molecule has 0 aliphatic carbocycles. The van der Waals surface area contributed by atoms with Crippen molar-refractivity contribution in [2.75, 3.05) is 14.2 Å². The highest BCUT2D eigenvalue weighted by molar-refractivity contribution is 7.48. The van der Waals surface area contributed by atoms with E-state index in [0.717, 1.165) is 14.2 Å². The molecule has 0 aromatic rings. The van der Waals surface area contributed by atoms with Gasteiger partial charge in [0.2, 0.25) is 0 Å². The molecule has 0 aromatic carbocycles. The fraction of sp³-hybridized carbons (Fsp3) is 0.714. The zero-order valence-electron chi connectivity index (χ0n) is 9.44. The van der Waals surface area contributed by atoms with Crippen LogP contribution in [0.25, 0.3) is 0 Å². The predicted octanol–water partition coefficient (Wildman–Crippen LogP) is 0.904. The third-order valence-corrected chi connectivity index (χ3v) is 2.48. The van der Waals surface area contributed by atoms with Crippen LogP contribution in [0.1, 0.15) is 13.3 Å². The van der Waals surface area contributed by atoms with Crippen LogP contribution in [-0.4, -0.2) is 31.3 Å². The van der Waals surface area contributed by atoms with Crippen molar-refractivity contribution in [3.63, 3.8) is 0 Å². The Morgan fingerprint density at radius 1 is 1.24 bits per heavy atom. The molecule has 0 radical (unpaired) electrons. The van der Waals surface area contributed by atoms with Gasteiger partial charge in [0.05, 0.1) is 26.6 Å². The summed E-state index contributed by atoms with van der Waals surface area (Å²) in [5.74, 6) is -3.31. The lowest BCUT2D eigenvalue weighted by molar-refractivity contribution is -0.258. The maximum atomic E-state index is 11.5. The minimum Gasteiger partial charge on any atom is -0.481 e. The van der Waals surface area contributed by atoms with Gasteiger partial charge in [0.25, 0.3) is 0 Å². The molecule has 0 rings (SSSR count). The molecule has 1 N–H and O–H groups in total. The zero-order valence-corrected chi connectivity index (χ0v) is 10.3. The van der Waals surface area contributed by atoms with Gasteiger partial charge in [0, 0.05) is 0 Å². The Balaban J connectivity index is 4.49. The van der Waals surface area contributed by atoms with E-state index in [-0.39, 0.29) is 0 Å². The quantitative estimate of drug-likeness (QED) is 0.390. The fourth-order valence-corrected chi connectivity index (χ4v) is 1.62. The number of phosphoric acid groups is 1. The van der Waals surface area contributed by atoms with Crippen LogP contribution in [0.4, 0.5) is 0 Å². The van der Waals surface area contributed by atoms with E-state index < -0.39 is 32.1 Å². The monoisotopic (exact) mass is 272 g/mol. The number of carbonyl (C=O) groups excluding carboxylic acids is 1. The summed E-state index contributed by atoms with van der Waals surface area (Å²) in [4.78, 5) is 29.8. The molecule has 0 amide bonds. The number of rotatable bonds is 8. The van der Waals surface area contributed by atoms with Crippen molar-refractivity contribution in [2.24, 2.45) is 5.92 Å². The molecule has 0 aliphatic heterocycles. The van der Waals surface area contributed by atoms with Crippen LogP contribution in [0.2, 0.25) is 0 Å². The number of hydrogen-bond donors (Lipinski definition) is 1. The van der Waals surface area contributed by atoms with Crippen LogP contribution < -0.4 is 0 Å². The summed E-state index contributed by atoms with van der Waals surface area (Å²) in [6.07, 6.45) is -0.487. The summed E-state index contributed by atoms with van der Waals surface area (Å²) in [6, 6.07) is 0. The number of carbonyl (C=O) groups is 2. The van der Waals surface area contributed by atoms with Crippen molar-refractivity contribution in [1.82, 2.24) is 0 Å². The molecule has 9 nitrogen and oxygen atoms in total. The van der Waals surface area contributed by atoms with Crippen LogP contribution in [0.5, 0.6) is 0 Å². The minimum absolute atomic E-state index is 0.487. The van der Waals surface area contributed by atoms with E-state index >= 15 is 0 Å². The Bertz CT molecular complexity index is 304. The Morgan fingerprint density at radius 3 is 2.06 bits per heavy atom. The van der Waals surface area contributed by atoms with Crippen molar-refractivity contribution in [2.45, 2.75) is 13.3 Å². The lowest BCUT2D eigenvalue weighted by Crippen LogP contribution is -2.18. The van der Waals surface area contributed by atoms with E-state index in [1.807, 2.05) is 0 Å². The summed E-state index contributed by atoms with van der Waals surface area (Å²) in [6.45, 7) is 1.28. The second kappa shape index (κ2) is 7.36. The highest BCUT2D eigenvalue weighted by Gasteiger charge is 2.36. The maximum Gasteiger partial charge on any atom is 0.587 e. The smallest absolute Gasteiger partial charge is 0.481 e. The van der Waals surface area contributed by atoms with Gasteiger partial charge in [-0.1, -0.05) is 6.92 Å². The van der Waals surface area contributed by atoms with Crippen LogP contribution in [0.3, 0.4) is 0 Å². The van der Waals surface area contributed by atoms with Gasteiger partial charge >= 0.3 is 19.8 Å². The Morgan fingerprint density at radius 2 is 1.71 bits per heavy atom. The second-order valence-corrected chi connectivity index (χ2v) is 4.21. The van der Waals surface area contributed by atoms with Crippen molar-refractivity contribution >= 4 is 19.8 Å². The molecule has 0 fully saturated rings. The molecule has 0 heterocycles. The largest absolute Gasteiger partial charge is 0.587 e. The molecular weight excluding hydrogens is 259 g/mol. The SMILES string of the molecule is COOP(=O)(OOC)OC(=O)C(C)CC(=O)O. The predicted molar refractivity (Wildman–Crippen MR) is 51.3 cm³/mol. The van der Waals surface area contributed by atoms with Gasteiger partial charge in [0.15, 0.2) is 0 Å². The highest BCUT2D eigenvalue weighted by Crippen LogP contribution is 2.50. The molecule has 1 atom stereocenters. The average molecular weight is 272 g/mol. The van der Waals surface area contributed by atoms with Crippen molar-refractivity contribution in [3.8, 4) is 0 Å². The number of hydrogen-bond acceptors (Lipinski definition) is 8. The second-order valence-electron chi connectivity index (χ2n) is 2.84. The highest BCUT2D eigenvalue weighted by atomic mass is 31.2. The van der Waals surface area contributed by atoms with E-state index in [1.165, 1.54) is 6.92 Å². The molecule has 0 aliphatic rings. The van der Waals surface area contributed by atoms with Gasteiger partial charge in [-0.15, -0.1) is 9.35 Å². The molecule has 1 unspecified atom stereocenters. The third kappa shape index (κ3) is 6.35. The molecule has 10 heteroatoms. The normalized spacial score (nSPS) is 13.1. The van der Waals surface area contributed by atoms with Gasteiger partial charge in [-0.05, 0) is 0 Å². The first-order valence-electron chi connectivity index (χ1n) is 4.34. The molecule has 17 heavy (non-hydrogen) atoms. The van der Waals surface area contributed by atoms with Crippen LogP contribution in [-0.2, 0) is 37.8 Å².